The molecule has 0 saturated carbocycles. The van der Waals surface area contributed by atoms with E-state index in [1.807, 2.05) is 4.90 Å². The first kappa shape index (κ1) is 26.4. The SMILES string of the molecule is CC(=O)N1CCN(CCNC(=O)c2ccc(N(CCc3cccc(Cl)c3Cl)S(=O)[O-])cc2)CC1. The van der Waals surface area contributed by atoms with Gasteiger partial charge in [0.25, 0.3) is 5.91 Å². The Morgan fingerprint density at radius 2 is 1.76 bits per heavy atom. The number of carbonyl (C=O) groups is 2. The van der Waals surface area contributed by atoms with Crippen molar-refractivity contribution in [3.63, 3.8) is 0 Å². The topological polar surface area (TPSA) is 96.0 Å². The minimum atomic E-state index is -2.49. The molecule has 1 unspecified atom stereocenters. The summed E-state index contributed by atoms with van der Waals surface area (Å²) >= 11 is 9.74. The van der Waals surface area contributed by atoms with Gasteiger partial charge >= 0.3 is 0 Å². The van der Waals surface area contributed by atoms with E-state index in [-0.39, 0.29) is 18.4 Å². The molecule has 0 bridgehead atoms. The van der Waals surface area contributed by atoms with E-state index in [0.29, 0.717) is 53.9 Å². The van der Waals surface area contributed by atoms with Crippen molar-refractivity contribution >= 4 is 52.0 Å². The zero-order chi connectivity index (χ0) is 24.7. The van der Waals surface area contributed by atoms with Crippen molar-refractivity contribution in [3.05, 3.63) is 63.6 Å². The van der Waals surface area contributed by atoms with Crippen LogP contribution in [0.25, 0.3) is 0 Å². The zero-order valence-corrected chi connectivity index (χ0v) is 21.2. The van der Waals surface area contributed by atoms with E-state index in [0.717, 1.165) is 18.7 Å². The molecule has 2 aromatic rings. The van der Waals surface area contributed by atoms with Crippen molar-refractivity contribution in [1.29, 1.82) is 0 Å². The quantitative estimate of drug-likeness (QED) is 0.507. The van der Waals surface area contributed by atoms with Crippen LogP contribution in [0.4, 0.5) is 5.69 Å². The van der Waals surface area contributed by atoms with Crippen LogP contribution in [0.3, 0.4) is 0 Å². The van der Waals surface area contributed by atoms with Gasteiger partial charge in [0.2, 0.25) is 5.91 Å². The maximum absolute atomic E-state index is 12.5. The largest absolute Gasteiger partial charge is 0.755 e. The van der Waals surface area contributed by atoms with Crippen molar-refractivity contribution < 1.29 is 18.4 Å². The lowest BCUT2D eigenvalue weighted by Gasteiger charge is -2.34. The number of rotatable bonds is 9. The Morgan fingerprint density at radius 3 is 2.38 bits per heavy atom. The first-order valence-electron chi connectivity index (χ1n) is 10.9. The van der Waals surface area contributed by atoms with E-state index >= 15 is 0 Å². The predicted molar refractivity (Wildman–Crippen MR) is 134 cm³/mol. The maximum atomic E-state index is 12.5. The molecule has 1 heterocycles. The van der Waals surface area contributed by atoms with E-state index in [1.54, 1.807) is 49.4 Å². The fourth-order valence-electron chi connectivity index (χ4n) is 3.75. The summed E-state index contributed by atoms with van der Waals surface area (Å²) < 4.78 is 24.8. The van der Waals surface area contributed by atoms with Crippen LogP contribution in [0.1, 0.15) is 22.8 Å². The van der Waals surface area contributed by atoms with Gasteiger partial charge in [0.05, 0.1) is 10.0 Å². The van der Waals surface area contributed by atoms with Crippen molar-refractivity contribution in [2.24, 2.45) is 0 Å². The van der Waals surface area contributed by atoms with Gasteiger partial charge < -0.3 is 19.1 Å². The van der Waals surface area contributed by atoms with Gasteiger partial charge in [-0.15, -0.1) is 0 Å². The third-order valence-corrected chi connectivity index (χ3v) is 7.36. The number of amides is 2. The molecule has 0 aliphatic carbocycles. The molecule has 0 spiro atoms. The maximum Gasteiger partial charge on any atom is 0.251 e. The van der Waals surface area contributed by atoms with Crippen molar-refractivity contribution in [1.82, 2.24) is 15.1 Å². The Labute approximate surface area is 212 Å². The molecule has 2 aromatic carbocycles. The molecule has 2 amide bonds. The summed E-state index contributed by atoms with van der Waals surface area (Å²) in [6.45, 7) is 5.90. The van der Waals surface area contributed by atoms with Gasteiger partial charge in [-0.3, -0.25) is 18.7 Å². The first-order chi connectivity index (χ1) is 16.3. The Morgan fingerprint density at radius 1 is 1.09 bits per heavy atom. The fraction of sp³-hybridized carbons (Fsp3) is 0.391. The van der Waals surface area contributed by atoms with Crippen LogP contribution < -0.4 is 9.62 Å². The van der Waals surface area contributed by atoms with Crippen LogP contribution in [-0.2, 0) is 22.5 Å². The fourth-order valence-corrected chi connectivity index (χ4v) is 4.70. The Hall–Kier alpha value is -2.17. The first-order valence-corrected chi connectivity index (χ1v) is 12.7. The molecular weight excluding hydrogens is 499 g/mol. The van der Waals surface area contributed by atoms with Gasteiger partial charge in [-0.25, -0.2) is 0 Å². The van der Waals surface area contributed by atoms with Crippen LogP contribution in [0, 0.1) is 0 Å². The number of benzene rings is 2. The van der Waals surface area contributed by atoms with E-state index < -0.39 is 11.3 Å². The highest BCUT2D eigenvalue weighted by atomic mass is 35.5. The highest BCUT2D eigenvalue weighted by Crippen LogP contribution is 2.26. The summed E-state index contributed by atoms with van der Waals surface area (Å²) in [5, 5.41) is 3.72. The number of nitrogens with one attached hydrogen (secondary N) is 1. The molecule has 34 heavy (non-hydrogen) atoms. The summed E-state index contributed by atoms with van der Waals surface area (Å²) in [5.41, 5.74) is 1.65. The van der Waals surface area contributed by atoms with E-state index in [2.05, 4.69) is 10.2 Å². The van der Waals surface area contributed by atoms with E-state index in [9.17, 15) is 18.4 Å². The van der Waals surface area contributed by atoms with E-state index in [1.165, 1.54) is 4.31 Å². The summed E-state index contributed by atoms with van der Waals surface area (Å²) in [5.74, 6) is -0.140. The molecule has 3 rings (SSSR count). The lowest BCUT2D eigenvalue weighted by atomic mass is 10.1. The lowest BCUT2D eigenvalue weighted by molar-refractivity contribution is -0.130. The zero-order valence-electron chi connectivity index (χ0n) is 18.8. The normalized spacial score (nSPS) is 15.1. The highest BCUT2D eigenvalue weighted by molar-refractivity contribution is 7.80. The molecule has 1 fully saturated rings. The molecule has 11 heteroatoms. The molecule has 8 nitrogen and oxygen atoms in total. The summed E-state index contributed by atoms with van der Waals surface area (Å²) in [4.78, 5) is 27.9. The van der Waals surface area contributed by atoms with Gasteiger partial charge in [0.1, 0.15) is 0 Å². The van der Waals surface area contributed by atoms with Crippen LogP contribution in [0.15, 0.2) is 42.5 Å². The Bertz CT molecular complexity index is 1030. The molecule has 1 aliphatic heterocycles. The molecule has 0 aromatic heterocycles. The standard InChI is InChI=1S/C23H28Cl2N4O4S/c1-17(30)28-15-13-27(14-16-28)12-10-26-23(31)19-5-7-20(8-6-19)29(34(32)33)11-9-18-3-2-4-21(24)22(18)25/h2-8H,9-16H2,1H3,(H,26,31)(H,32,33)/p-1. The molecule has 0 radical (unpaired) electrons. The summed E-state index contributed by atoms with van der Waals surface area (Å²) in [7, 11) is 0. The van der Waals surface area contributed by atoms with Crippen molar-refractivity contribution in [2.75, 3.05) is 50.1 Å². The number of piperazine rings is 1. The Kier molecular flexibility index (Phi) is 9.73. The van der Waals surface area contributed by atoms with Gasteiger partial charge in [-0.2, -0.15) is 0 Å². The molecular formula is C23H27Cl2N4O4S-. The third kappa shape index (κ3) is 7.16. The van der Waals surface area contributed by atoms with Crippen molar-refractivity contribution in [3.8, 4) is 0 Å². The predicted octanol–water partition coefficient (Wildman–Crippen LogP) is 2.73. The molecule has 1 aliphatic rings. The number of anilines is 1. The van der Waals surface area contributed by atoms with Crippen LogP contribution in [0.5, 0.6) is 0 Å². The second kappa shape index (κ2) is 12.5. The Balaban J connectivity index is 1.51. The summed E-state index contributed by atoms with van der Waals surface area (Å²) in [6.07, 6.45) is 0.385. The summed E-state index contributed by atoms with van der Waals surface area (Å²) in [6, 6.07) is 11.6. The molecule has 1 N–H and O–H groups in total. The molecule has 184 valence electrons. The van der Waals surface area contributed by atoms with Gasteiger partial charge in [0, 0.05) is 75.3 Å². The minimum absolute atomic E-state index is 0.0871. The third-order valence-electron chi connectivity index (χ3n) is 5.74. The lowest BCUT2D eigenvalue weighted by Crippen LogP contribution is -2.49. The second-order valence-corrected chi connectivity index (χ2v) is 9.59. The number of halogens is 2. The van der Waals surface area contributed by atoms with Crippen LogP contribution in [-0.4, -0.2) is 76.2 Å². The van der Waals surface area contributed by atoms with Gasteiger partial charge in [-0.1, -0.05) is 35.3 Å². The van der Waals surface area contributed by atoms with E-state index in [4.69, 9.17) is 23.2 Å². The van der Waals surface area contributed by atoms with Crippen LogP contribution >= 0.6 is 23.2 Å². The van der Waals surface area contributed by atoms with Gasteiger partial charge in [-0.05, 0) is 42.3 Å². The molecule has 1 atom stereocenters. The van der Waals surface area contributed by atoms with Crippen LogP contribution in [0.2, 0.25) is 10.0 Å². The highest BCUT2D eigenvalue weighted by Gasteiger charge is 2.18. The average Bonchev–Trinajstić information content (AvgIpc) is 2.82. The minimum Gasteiger partial charge on any atom is -0.755 e. The number of carbonyl (C=O) groups excluding carboxylic acids is 2. The average molecular weight is 526 g/mol. The number of hydrogen-bond donors (Lipinski definition) is 1. The number of hydrogen-bond acceptors (Lipinski definition) is 5. The number of nitrogens with zero attached hydrogens (tertiary/aromatic N) is 3. The van der Waals surface area contributed by atoms with Crippen molar-refractivity contribution in [2.45, 2.75) is 13.3 Å². The smallest absolute Gasteiger partial charge is 0.251 e. The molecule has 1 saturated heterocycles. The monoisotopic (exact) mass is 525 g/mol. The second-order valence-electron chi connectivity index (χ2n) is 7.93. The van der Waals surface area contributed by atoms with Gasteiger partial charge in [0.15, 0.2) is 0 Å².